The summed E-state index contributed by atoms with van der Waals surface area (Å²) >= 11 is 0. The summed E-state index contributed by atoms with van der Waals surface area (Å²) < 4.78 is 5.93. The molecule has 0 aliphatic carbocycles. The Kier molecular flexibility index (Phi) is 6.81. The quantitative estimate of drug-likeness (QED) is 0.358. The van der Waals surface area contributed by atoms with Crippen molar-refractivity contribution in [2.24, 2.45) is 0 Å². The van der Waals surface area contributed by atoms with E-state index in [1.54, 1.807) is 24.3 Å². The number of carbonyl (C=O) groups excluding carboxylic acids is 1. The van der Waals surface area contributed by atoms with Crippen LogP contribution in [0, 0.1) is 0 Å². The normalized spacial score (nSPS) is 10.4. The third-order valence-corrected chi connectivity index (χ3v) is 5.16. The molecule has 0 heterocycles. The highest BCUT2D eigenvalue weighted by Gasteiger charge is 2.10. The van der Waals surface area contributed by atoms with E-state index in [2.05, 4.69) is 17.4 Å². The lowest BCUT2D eigenvalue weighted by atomic mass is 10.0. The second kappa shape index (κ2) is 10.3. The Morgan fingerprint density at radius 2 is 1.42 bits per heavy atom. The van der Waals surface area contributed by atoms with Crippen LogP contribution in [-0.4, -0.2) is 23.6 Å². The van der Waals surface area contributed by atoms with Gasteiger partial charge in [-0.05, 0) is 59.2 Å². The van der Waals surface area contributed by atoms with Crippen LogP contribution in [0.3, 0.4) is 0 Å². The first-order valence-electron chi connectivity index (χ1n) is 10.6. The number of carboxylic acid groups (broad SMARTS) is 1. The fourth-order valence-electron chi connectivity index (χ4n) is 3.47. The van der Waals surface area contributed by atoms with E-state index in [1.165, 1.54) is 17.7 Å². The summed E-state index contributed by atoms with van der Waals surface area (Å²) in [6.45, 7) is 0.575. The SMILES string of the molecule is O=C(O)c1cccc(NC(=O)c2cccc(-c3cccc(OCCc4ccccc4)c3)c2)c1. The number of carbonyl (C=O) groups is 2. The number of ether oxygens (including phenoxy) is 1. The Morgan fingerprint density at radius 3 is 2.21 bits per heavy atom. The van der Waals surface area contributed by atoms with Crippen LogP contribution in [0.5, 0.6) is 5.75 Å². The van der Waals surface area contributed by atoms with Gasteiger partial charge in [-0.1, -0.05) is 60.7 Å². The Bertz CT molecular complexity index is 1270. The zero-order valence-electron chi connectivity index (χ0n) is 17.9. The average Bonchev–Trinajstić information content (AvgIpc) is 2.85. The zero-order valence-corrected chi connectivity index (χ0v) is 17.9. The van der Waals surface area contributed by atoms with E-state index in [1.807, 2.05) is 54.6 Å². The van der Waals surface area contributed by atoms with E-state index in [9.17, 15) is 9.59 Å². The number of benzene rings is 4. The molecule has 1 amide bonds. The van der Waals surface area contributed by atoms with Crippen molar-refractivity contribution in [1.82, 2.24) is 0 Å². The van der Waals surface area contributed by atoms with Crippen LogP contribution >= 0.6 is 0 Å². The van der Waals surface area contributed by atoms with Crippen molar-refractivity contribution in [2.75, 3.05) is 11.9 Å². The number of anilines is 1. The smallest absolute Gasteiger partial charge is 0.335 e. The second-order valence-corrected chi connectivity index (χ2v) is 7.53. The van der Waals surface area contributed by atoms with Gasteiger partial charge in [-0.25, -0.2) is 4.79 Å². The molecule has 0 fully saturated rings. The Morgan fingerprint density at radius 1 is 0.727 bits per heavy atom. The monoisotopic (exact) mass is 437 g/mol. The van der Waals surface area contributed by atoms with Gasteiger partial charge in [-0.15, -0.1) is 0 Å². The molecule has 0 bridgehead atoms. The summed E-state index contributed by atoms with van der Waals surface area (Å²) in [5.41, 5.74) is 4.07. The van der Waals surface area contributed by atoms with Gasteiger partial charge in [0, 0.05) is 17.7 Å². The summed E-state index contributed by atoms with van der Waals surface area (Å²) in [4.78, 5) is 23.9. The van der Waals surface area contributed by atoms with E-state index >= 15 is 0 Å². The Balaban J connectivity index is 1.45. The summed E-state index contributed by atoms with van der Waals surface area (Å²) in [5.74, 6) is -0.586. The molecule has 4 aromatic rings. The molecule has 2 N–H and O–H groups in total. The van der Waals surface area contributed by atoms with Crippen LogP contribution < -0.4 is 10.1 Å². The molecule has 0 aliphatic heterocycles. The van der Waals surface area contributed by atoms with Crippen LogP contribution in [0.15, 0.2) is 103 Å². The van der Waals surface area contributed by atoms with E-state index in [0.717, 1.165) is 23.3 Å². The molecular weight excluding hydrogens is 414 g/mol. The third kappa shape index (κ3) is 5.86. The molecule has 164 valence electrons. The molecule has 33 heavy (non-hydrogen) atoms. The topological polar surface area (TPSA) is 75.6 Å². The molecule has 5 nitrogen and oxygen atoms in total. The van der Waals surface area contributed by atoms with Gasteiger partial charge >= 0.3 is 5.97 Å². The molecule has 0 spiro atoms. The number of carboxylic acids is 1. The summed E-state index contributed by atoms with van der Waals surface area (Å²) in [7, 11) is 0. The molecule has 0 unspecified atom stereocenters. The number of amides is 1. The number of aromatic carboxylic acids is 1. The number of nitrogens with one attached hydrogen (secondary N) is 1. The second-order valence-electron chi connectivity index (χ2n) is 7.53. The van der Waals surface area contributed by atoms with Gasteiger partial charge in [0.05, 0.1) is 12.2 Å². The summed E-state index contributed by atoms with van der Waals surface area (Å²) in [6, 6.07) is 31.4. The van der Waals surface area contributed by atoms with Gasteiger partial charge in [0.2, 0.25) is 0 Å². The molecule has 4 rings (SSSR count). The van der Waals surface area contributed by atoms with Crippen molar-refractivity contribution >= 4 is 17.6 Å². The predicted octanol–water partition coefficient (Wildman–Crippen LogP) is 5.93. The maximum absolute atomic E-state index is 12.7. The first kappa shape index (κ1) is 21.8. The molecule has 0 aromatic heterocycles. The molecule has 0 atom stereocenters. The largest absolute Gasteiger partial charge is 0.493 e. The minimum absolute atomic E-state index is 0.116. The van der Waals surface area contributed by atoms with E-state index in [0.29, 0.717) is 17.9 Å². The molecule has 5 heteroatoms. The lowest BCUT2D eigenvalue weighted by Gasteiger charge is -2.10. The van der Waals surface area contributed by atoms with Crippen molar-refractivity contribution in [3.63, 3.8) is 0 Å². The Labute approximate surface area is 192 Å². The van der Waals surface area contributed by atoms with Crippen molar-refractivity contribution in [2.45, 2.75) is 6.42 Å². The lowest BCUT2D eigenvalue weighted by molar-refractivity contribution is 0.0696. The third-order valence-electron chi connectivity index (χ3n) is 5.16. The Hall–Kier alpha value is -4.38. The standard InChI is InChI=1S/C28H23NO4/c30-27(29-25-13-5-12-24(18-25)28(31)32)23-11-4-9-21(17-23)22-10-6-14-26(19-22)33-16-15-20-7-2-1-3-8-20/h1-14,17-19H,15-16H2,(H,29,30)(H,31,32). The number of hydrogen-bond donors (Lipinski definition) is 2. The summed E-state index contributed by atoms with van der Waals surface area (Å²) in [6.07, 6.45) is 0.823. The van der Waals surface area contributed by atoms with Crippen LogP contribution in [-0.2, 0) is 6.42 Å². The highest BCUT2D eigenvalue weighted by Crippen LogP contribution is 2.25. The maximum atomic E-state index is 12.7. The van der Waals surface area contributed by atoms with E-state index < -0.39 is 5.97 Å². The number of rotatable bonds is 8. The predicted molar refractivity (Wildman–Crippen MR) is 129 cm³/mol. The fourth-order valence-corrected chi connectivity index (χ4v) is 3.47. The van der Waals surface area contributed by atoms with Gasteiger partial charge in [-0.2, -0.15) is 0 Å². The van der Waals surface area contributed by atoms with Crippen LogP contribution in [0.2, 0.25) is 0 Å². The van der Waals surface area contributed by atoms with Gasteiger partial charge < -0.3 is 15.2 Å². The van der Waals surface area contributed by atoms with Crippen LogP contribution in [0.4, 0.5) is 5.69 Å². The van der Waals surface area contributed by atoms with E-state index in [4.69, 9.17) is 9.84 Å². The first-order valence-corrected chi connectivity index (χ1v) is 10.6. The van der Waals surface area contributed by atoms with Crippen molar-refractivity contribution in [3.05, 3.63) is 120 Å². The first-order chi connectivity index (χ1) is 16.1. The van der Waals surface area contributed by atoms with Crippen molar-refractivity contribution < 1.29 is 19.4 Å². The number of hydrogen-bond acceptors (Lipinski definition) is 3. The van der Waals surface area contributed by atoms with Crippen molar-refractivity contribution in [3.8, 4) is 16.9 Å². The van der Waals surface area contributed by atoms with Gasteiger partial charge in [0.25, 0.3) is 5.91 Å². The molecule has 0 saturated heterocycles. The molecule has 0 saturated carbocycles. The molecule has 4 aromatic carbocycles. The molecule has 0 aliphatic rings. The van der Waals surface area contributed by atoms with Crippen molar-refractivity contribution in [1.29, 1.82) is 0 Å². The van der Waals surface area contributed by atoms with E-state index in [-0.39, 0.29) is 11.5 Å². The maximum Gasteiger partial charge on any atom is 0.335 e. The highest BCUT2D eigenvalue weighted by molar-refractivity contribution is 6.05. The minimum atomic E-state index is -1.04. The minimum Gasteiger partial charge on any atom is -0.493 e. The fraction of sp³-hybridized carbons (Fsp3) is 0.0714. The molecular formula is C28H23NO4. The van der Waals surface area contributed by atoms with Crippen LogP contribution in [0.1, 0.15) is 26.3 Å². The lowest BCUT2D eigenvalue weighted by Crippen LogP contribution is -2.12. The van der Waals surface area contributed by atoms with Crippen LogP contribution in [0.25, 0.3) is 11.1 Å². The zero-order chi connectivity index (χ0) is 23.0. The highest BCUT2D eigenvalue weighted by atomic mass is 16.5. The van der Waals surface area contributed by atoms with Gasteiger partial charge in [0.15, 0.2) is 0 Å². The van der Waals surface area contributed by atoms with Gasteiger partial charge in [-0.3, -0.25) is 4.79 Å². The average molecular weight is 437 g/mol. The van der Waals surface area contributed by atoms with Gasteiger partial charge in [0.1, 0.15) is 5.75 Å². The summed E-state index contributed by atoms with van der Waals surface area (Å²) in [5, 5.41) is 11.9. The molecule has 0 radical (unpaired) electrons.